The van der Waals surface area contributed by atoms with Gasteiger partial charge < -0.3 is 14.8 Å². The summed E-state index contributed by atoms with van der Waals surface area (Å²) in [6, 6.07) is 4.82. The summed E-state index contributed by atoms with van der Waals surface area (Å²) in [4.78, 5) is 2.49. The molecule has 4 nitrogen and oxygen atoms in total. The van der Waals surface area contributed by atoms with Gasteiger partial charge in [0.25, 0.3) is 0 Å². The minimum atomic E-state index is 0.604. The van der Waals surface area contributed by atoms with Crippen molar-refractivity contribution in [3.63, 3.8) is 0 Å². The van der Waals surface area contributed by atoms with Crippen LogP contribution in [0.5, 0.6) is 11.5 Å². The summed E-state index contributed by atoms with van der Waals surface area (Å²) in [6.45, 7) is 5.81. The van der Waals surface area contributed by atoms with Crippen molar-refractivity contribution < 1.29 is 9.47 Å². The molecule has 1 heterocycles. The molecule has 0 saturated carbocycles. The van der Waals surface area contributed by atoms with Crippen molar-refractivity contribution in [2.24, 2.45) is 0 Å². The first-order valence-corrected chi connectivity index (χ1v) is 8.36. The van der Waals surface area contributed by atoms with E-state index in [-0.39, 0.29) is 0 Å². The third-order valence-corrected chi connectivity index (χ3v) is 4.49. The van der Waals surface area contributed by atoms with Crippen LogP contribution in [0.15, 0.2) is 16.6 Å². The molecule has 1 unspecified atom stereocenters. The Morgan fingerprint density at radius 2 is 2.24 bits per heavy atom. The third-order valence-electron chi connectivity index (χ3n) is 3.90. The SMILES string of the molecule is CCOc1c(Br)cc(CN2CCCC(NC)C2)cc1OC. The van der Waals surface area contributed by atoms with Crippen molar-refractivity contribution in [3.05, 3.63) is 22.2 Å². The molecule has 5 heteroatoms. The minimum Gasteiger partial charge on any atom is -0.493 e. The summed E-state index contributed by atoms with van der Waals surface area (Å²) in [6.07, 6.45) is 2.52. The number of nitrogens with zero attached hydrogens (tertiary/aromatic N) is 1. The van der Waals surface area contributed by atoms with Gasteiger partial charge in [0, 0.05) is 19.1 Å². The fourth-order valence-electron chi connectivity index (χ4n) is 2.84. The van der Waals surface area contributed by atoms with E-state index in [0.29, 0.717) is 12.6 Å². The van der Waals surface area contributed by atoms with E-state index in [9.17, 15) is 0 Å². The zero-order valence-electron chi connectivity index (χ0n) is 13.1. The average Bonchev–Trinajstić information content (AvgIpc) is 2.50. The Balaban J connectivity index is 2.11. The highest BCUT2D eigenvalue weighted by atomic mass is 79.9. The maximum Gasteiger partial charge on any atom is 0.175 e. The molecule has 21 heavy (non-hydrogen) atoms. The van der Waals surface area contributed by atoms with Gasteiger partial charge in [0.1, 0.15) is 0 Å². The van der Waals surface area contributed by atoms with E-state index in [2.05, 4.69) is 38.3 Å². The molecule has 0 aromatic heterocycles. The lowest BCUT2D eigenvalue weighted by atomic mass is 10.0. The van der Waals surface area contributed by atoms with E-state index in [0.717, 1.165) is 35.6 Å². The molecule has 0 spiro atoms. The summed E-state index contributed by atoms with van der Waals surface area (Å²) in [5.41, 5.74) is 1.25. The number of halogens is 1. The molecule has 1 fully saturated rings. The highest BCUT2D eigenvalue weighted by molar-refractivity contribution is 9.10. The monoisotopic (exact) mass is 356 g/mol. The van der Waals surface area contributed by atoms with Gasteiger partial charge >= 0.3 is 0 Å². The molecule has 0 radical (unpaired) electrons. The molecule has 0 bridgehead atoms. The van der Waals surface area contributed by atoms with Crippen molar-refractivity contribution in [1.82, 2.24) is 10.2 Å². The molecule has 1 aliphatic heterocycles. The van der Waals surface area contributed by atoms with E-state index in [1.165, 1.54) is 18.4 Å². The number of likely N-dealkylation sites (tertiary alicyclic amines) is 1. The molecule has 0 aliphatic carbocycles. The van der Waals surface area contributed by atoms with E-state index >= 15 is 0 Å². The van der Waals surface area contributed by atoms with Gasteiger partial charge in [0.05, 0.1) is 18.2 Å². The van der Waals surface area contributed by atoms with E-state index in [4.69, 9.17) is 9.47 Å². The van der Waals surface area contributed by atoms with E-state index in [1.54, 1.807) is 7.11 Å². The zero-order valence-corrected chi connectivity index (χ0v) is 14.7. The first-order valence-electron chi connectivity index (χ1n) is 7.56. The Kier molecular flexibility index (Phi) is 6.33. The largest absolute Gasteiger partial charge is 0.493 e. The highest BCUT2D eigenvalue weighted by Crippen LogP contribution is 2.37. The molecule has 0 amide bonds. The summed E-state index contributed by atoms with van der Waals surface area (Å²) < 4.78 is 12.1. The van der Waals surface area contributed by atoms with E-state index in [1.807, 2.05) is 14.0 Å². The van der Waals surface area contributed by atoms with Gasteiger partial charge in [-0.3, -0.25) is 4.90 Å². The van der Waals surface area contributed by atoms with Gasteiger partial charge in [0.15, 0.2) is 11.5 Å². The number of rotatable bonds is 6. The molecule has 1 aromatic rings. The smallest absolute Gasteiger partial charge is 0.175 e. The van der Waals surface area contributed by atoms with Crippen LogP contribution in [0, 0.1) is 0 Å². The fourth-order valence-corrected chi connectivity index (χ4v) is 3.45. The lowest BCUT2D eigenvalue weighted by Crippen LogP contribution is -2.43. The quantitative estimate of drug-likeness (QED) is 0.849. The second kappa shape index (κ2) is 8.01. The molecule has 2 rings (SSSR count). The predicted octanol–water partition coefficient (Wildman–Crippen LogP) is 3.04. The first-order chi connectivity index (χ1) is 10.2. The molecule has 1 saturated heterocycles. The second-order valence-corrected chi connectivity index (χ2v) is 6.26. The van der Waals surface area contributed by atoms with Gasteiger partial charge in [-0.1, -0.05) is 0 Å². The van der Waals surface area contributed by atoms with Crippen LogP contribution in [0.2, 0.25) is 0 Å². The number of nitrogens with one attached hydrogen (secondary N) is 1. The van der Waals surface area contributed by atoms with Gasteiger partial charge in [-0.25, -0.2) is 0 Å². The topological polar surface area (TPSA) is 33.7 Å². The van der Waals surface area contributed by atoms with Crippen molar-refractivity contribution in [2.45, 2.75) is 32.4 Å². The number of benzene rings is 1. The maximum absolute atomic E-state index is 5.64. The highest BCUT2D eigenvalue weighted by Gasteiger charge is 2.19. The van der Waals surface area contributed by atoms with Crippen LogP contribution in [-0.2, 0) is 6.54 Å². The molecule has 1 N–H and O–H groups in total. The van der Waals surface area contributed by atoms with Crippen LogP contribution in [-0.4, -0.2) is 44.8 Å². The maximum atomic E-state index is 5.64. The van der Waals surface area contributed by atoms with Crippen molar-refractivity contribution in [1.29, 1.82) is 0 Å². The standard InChI is InChI=1S/C16H25BrN2O2/c1-4-21-16-14(17)8-12(9-15(16)20-3)10-19-7-5-6-13(11-19)18-2/h8-9,13,18H,4-7,10-11H2,1-3H3. The fraction of sp³-hybridized carbons (Fsp3) is 0.625. The van der Waals surface area contributed by atoms with Gasteiger partial charge in [0.2, 0.25) is 0 Å². The summed E-state index contributed by atoms with van der Waals surface area (Å²) in [5.74, 6) is 1.58. The van der Waals surface area contributed by atoms with Gasteiger partial charge in [-0.15, -0.1) is 0 Å². The zero-order chi connectivity index (χ0) is 15.2. The Morgan fingerprint density at radius 3 is 2.90 bits per heavy atom. The Labute approximate surface area is 135 Å². The number of piperidine rings is 1. The van der Waals surface area contributed by atoms with Crippen LogP contribution >= 0.6 is 15.9 Å². The van der Waals surface area contributed by atoms with Gasteiger partial charge in [-0.05, 0) is 67.0 Å². The summed E-state index contributed by atoms with van der Waals surface area (Å²) in [5, 5.41) is 3.38. The molecular formula is C16H25BrN2O2. The number of ether oxygens (including phenoxy) is 2. The number of hydrogen-bond donors (Lipinski definition) is 1. The van der Waals surface area contributed by atoms with Crippen molar-refractivity contribution in [2.75, 3.05) is 33.9 Å². The molecule has 1 aliphatic rings. The minimum absolute atomic E-state index is 0.604. The van der Waals surface area contributed by atoms with Crippen LogP contribution in [0.25, 0.3) is 0 Å². The predicted molar refractivity (Wildman–Crippen MR) is 89.2 cm³/mol. The number of methoxy groups -OCH3 is 1. The average molecular weight is 357 g/mol. The molecule has 1 atom stereocenters. The Hall–Kier alpha value is -0.780. The molecule has 118 valence electrons. The molecule has 1 aromatic carbocycles. The third kappa shape index (κ3) is 4.34. The lowest BCUT2D eigenvalue weighted by Gasteiger charge is -2.32. The van der Waals surface area contributed by atoms with Crippen molar-refractivity contribution >= 4 is 15.9 Å². The Bertz CT molecular complexity index is 468. The van der Waals surface area contributed by atoms with E-state index < -0.39 is 0 Å². The normalized spacial score (nSPS) is 19.5. The lowest BCUT2D eigenvalue weighted by molar-refractivity contribution is 0.187. The van der Waals surface area contributed by atoms with Crippen LogP contribution in [0.4, 0.5) is 0 Å². The summed E-state index contributed by atoms with van der Waals surface area (Å²) in [7, 11) is 3.73. The second-order valence-electron chi connectivity index (χ2n) is 5.40. The molecular weight excluding hydrogens is 332 g/mol. The number of hydrogen-bond acceptors (Lipinski definition) is 4. The summed E-state index contributed by atoms with van der Waals surface area (Å²) >= 11 is 3.59. The number of likely N-dealkylation sites (N-methyl/N-ethyl adjacent to an activating group) is 1. The first kappa shape index (κ1) is 16.6. The van der Waals surface area contributed by atoms with Crippen LogP contribution < -0.4 is 14.8 Å². The van der Waals surface area contributed by atoms with Crippen LogP contribution in [0.3, 0.4) is 0 Å². The van der Waals surface area contributed by atoms with Gasteiger partial charge in [-0.2, -0.15) is 0 Å². The Morgan fingerprint density at radius 1 is 1.43 bits per heavy atom. The van der Waals surface area contributed by atoms with Crippen LogP contribution in [0.1, 0.15) is 25.3 Å². The van der Waals surface area contributed by atoms with Crippen molar-refractivity contribution in [3.8, 4) is 11.5 Å².